The van der Waals surface area contributed by atoms with E-state index in [1.165, 1.54) is 16.2 Å². The Labute approximate surface area is 125 Å². The molecule has 8 heteroatoms. The van der Waals surface area contributed by atoms with E-state index in [1.807, 2.05) is 24.4 Å². The van der Waals surface area contributed by atoms with Crippen LogP contribution in [-0.2, 0) is 0 Å². The minimum Gasteiger partial charge on any atom is -0.383 e. The van der Waals surface area contributed by atoms with Crippen LogP contribution in [0.5, 0.6) is 0 Å². The molecule has 0 radical (unpaired) electrons. The summed E-state index contributed by atoms with van der Waals surface area (Å²) in [7, 11) is 1.63. The Morgan fingerprint density at radius 2 is 2.29 bits per heavy atom. The van der Waals surface area contributed by atoms with E-state index in [2.05, 4.69) is 4.98 Å². The average Bonchev–Trinajstić information content (AvgIpc) is 2.99. The van der Waals surface area contributed by atoms with Crippen LogP contribution in [0.3, 0.4) is 0 Å². The van der Waals surface area contributed by atoms with Crippen LogP contribution in [0.4, 0.5) is 11.5 Å². The first-order chi connectivity index (χ1) is 9.91. The Morgan fingerprint density at radius 1 is 1.57 bits per heavy atom. The Morgan fingerprint density at radius 3 is 2.86 bits per heavy atom. The minimum atomic E-state index is -0.605. The van der Waals surface area contributed by atoms with Crippen molar-refractivity contribution >= 4 is 28.7 Å². The van der Waals surface area contributed by atoms with Gasteiger partial charge in [0.05, 0.1) is 16.5 Å². The monoisotopic (exact) mass is 306 g/mol. The van der Waals surface area contributed by atoms with Gasteiger partial charge in [-0.05, 0) is 18.4 Å². The van der Waals surface area contributed by atoms with Crippen LogP contribution in [0.25, 0.3) is 0 Å². The first-order valence-electron chi connectivity index (χ1n) is 6.12. The number of amides is 1. The van der Waals surface area contributed by atoms with Crippen LogP contribution in [0.15, 0.2) is 29.8 Å². The summed E-state index contributed by atoms with van der Waals surface area (Å²) in [6, 6.07) is 4.82. The SMILES string of the molecule is CC(c1cccs1)N(C)C(=O)c1cc([N+](=O)[O-])cnc1N. The zero-order valence-corrected chi connectivity index (χ0v) is 12.3. The van der Waals surface area contributed by atoms with Crippen molar-refractivity contribution in [3.05, 3.63) is 50.3 Å². The number of pyridine rings is 1. The number of rotatable bonds is 4. The topological polar surface area (TPSA) is 102 Å². The maximum absolute atomic E-state index is 12.5. The highest BCUT2D eigenvalue weighted by Gasteiger charge is 2.24. The Kier molecular flexibility index (Phi) is 4.18. The lowest BCUT2D eigenvalue weighted by Crippen LogP contribution is -2.30. The molecule has 0 spiro atoms. The van der Waals surface area contributed by atoms with E-state index in [0.29, 0.717) is 0 Å². The van der Waals surface area contributed by atoms with Gasteiger partial charge >= 0.3 is 0 Å². The number of carbonyl (C=O) groups excluding carboxylic acids is 1. The van der Waals surface area contributed by atoms with Gasteiger partial charge < -0.3 is 10.6 Å². The summed E-state index contributed by atoms with van der Waals surface area (Å²) in [6.07, 6.45) is 1.04. The van der Waals surface area contributed by atoms with Crippen molar-refractivity contribution < 1.29 is 9.72 Å². The molecule has 0 saturated heterocycles. The number of anilines is 1. The predicted octanol–water partition coefficient (Wildman–Crippen LogP) is 2.47. The van der Waals surface area contributed by atoms with Crippen molar-refractivity contribution in [3.8, 4) is 0 Å². The van der Waals surface area contributed by atoms with Crippen LogP contribution in [0.1, 0.15) is 28.2 Å². The summed E-state index contributed by atoms with van der Waals surface area (Å²) in [4.78, 5) is 28.9. The van der Waals surface area contributed by atoms with Gasteiger partial charge in [-0.3, -0.25) is 14.9 Å². The van der Waals surface area contributed by atoms with Gasteiger partial charge in [-0.15, -0.1) is 11.3 Å². The average molecular weight is 306 g/mol. The number of nitrogens with two attached hydrogens (primary N) is 1. The molecule has 2 rings (SSSR count). The van der Waals surface area contributed by atoms with Crippen LogP contribution in [0, 0.1) is 10.1 Å². The lowest BCUT2D eigenvalue weighted by Gasteiger charge is -2.24. The molecule has 2 N–H and O–H groups in total. The van der Waals surface area contributed by atoms with Crippen molar-refractivity contribution in [1.82, 2.24) is 9.88 Å². The number of nitrogens with zero attached hydrogens (tertiary/aromatic N) is 3. The van der Waals surface area contributed by atoms with E-state index in [9.17, 15) is 14.9 Å². The van der Waals surface area contributed by atoms with E-state index in [1.54, 1.807) is 7.05 Å². The number of nitrogen functional groups attached to an aromatic ring is 1. The van der Waals surface area contributed by atoms with E-state index in [4.69, 9.17) is 5.73 Å². The molecule has 110 valence electrons. The quantitative estimate of drug-likeness (QED) is 0.690. The molecule has 1 unspecified atom stereocenters. The third-order valence-corrected chi connectivity index (χ3v) is 4.24. The number of hydrogen-bond donors (Lipinski definition) is 1. The third-order valence-electron chi connectivity index (χ3n) is 3.20. The number of nitro groups is 1. The molecule has 0 fully saturated rings. The van der Waals surface area contributed by atoms with Crippen LogP contribution < -0.4 is 5.73 Å². The fraction of sp³-hybridized carbons (Fsp3) is 0.231. The molecule has 2 heterocycles. The Balaban J connectivity index is 2.31. The predicted molar refractivity (Wildman–Crippen MR) is 80.1 cm³/mol. The van der Waals surface area contributed by atoms with Gasteiger partial charge in [-0.25, -0.2) is 4.98 Å². The number of carbonyl (C=O) groups is 1. The van der Waals surface area contributed by atoms with Gasteiger partial charge in [-0.1, -0.05) is 6.07 Å². The molecule has 2 aromatic rings. The maximum atomic E-state index is 12.5. The fourth-order valence-electron chi connectivity index (χ4n) is 1.82. The van der Waals surface area contributed by atoms with Crippen LogP contribution in [-0.4, -0.2) is 27.8 Å². The highest BCUT2D eigenvalue weighted by Crippen LogP contribution is 2.26. The second-order valence-corrected chi connectivity index (χ2v) is 5.47. The highest BCUT2D eigenvalue weighted by atomic mass is 32.1. The number of aromatic nitrogens is 1. The number of thiophene rings is 1. The molecule has 1 atom stereocenters. The summed E-state index contributed by atoms with van der Waals surface area (Å²) in [5, 5.41) is 12.7. The van der Waals surface area contributed by atoms with Gasteiger partial charge in [-0.2, -0.15) is 0 Å². The standard InChI is InChI=1S/C13H14N4O3S/c1-8(11-4-3-5-21-11)16(2)13(18)10-6-9(17(19)20)7-15-12(10)14/h3-8H,1-2H3,(H2,14,15). The summed E-state index contributed by atoms with van der Waals surface area (Å²) in [5.41, 5.74) is 5.45. The third kappa shape index (κ3) is 3.00. The molecule has 7 nitrogen and oxygen atoms in total. The zero-order valence-electron chi connectivity index (χ0n) is 11.5. The molecule has 0 aromatic carbocycles. The molecule has 0 saturated carbocycles. The summed E-state index contributed by atoms with van der Waals surface area (Å²) < 4.78 is 0. The van der Waals surface area contributed by atoms with Crippen molar-refractivity contribution in [1.29, 1.82) is 0 Å². The number of hydrogen-bond acceptors (Lipinski definition) is 6. The van der Waals surface area contributed by atoms with Crippen molar-refractivity contribution in [2.75, 3.05) is 12.8 Å². The molecular formula is C13H14N4O3S. The van der Waals surface area contributed by atoms with Crippen molar-refractivity contribution in [2.45, 2.75) is 13.0 Å². The van der Waals surface area contributed by atoms with Gasteiger partial charge in [0.15, 0.2) is 0 Å². The fourth-order valence-corrected chi connectivity index (χ4v) is 2.65. The van der Waals surface area contributed by atoms with E-state index < -0.39 is 10.8 Å². The first kappa shape index (κ1) is 14.9. The first-order valence-corrected chi connectivity index (χ1v) is 7.00. The molecule has 1 amide bonds. The highest BCUT2D eigenvalue weighted by molar-refractivity contribution is 7.10. The summed E-state index contributed by atoms with van der Waals surface area (Å²) in [5.74, 6) is -0.416. The van der Waals surface area contributed by atoms with Crippen molar-refractivity contribution in [2.24, 2.45) is 0 Å². The molecule has 2 aromatic heterocycles. The molecule has 0 aliphatic heterocycles. The molecule has 0 aliphatic carbocycles. The van der Waals surface area contributed by atoms with Crippen LogP contribution >= 0.6 is 11.3 Å². The van der Waals surface area contributed by atoms with E-state index in [0.717, 1.165) is 17.1 Å². The normalized spacial score (nSPS) is 11.9. The zero-order chi connectivity index (χ0) is 15.6. The molecule has 0 aliphatic rings. The Bertz CT molecular complexity index is 672. The molecule has 0 bridgehead atoms. The maximum Gasteiger partial charge on any atom is 0.288 e. The van der Waals surface area contributed by atoms with Gasteiger partial charge in [0.25, 0.3) is 11.6 Å². The second-order valence-electron chi connectivity index (χ2n) is 4.49. The van der Waals surface area contributed by atoms with Gasteiger partial charge in [0, 0.05) is 18.0 Å². The molecular weight excluding hydrogens is 292 g/mol. The second kappa shape index (κ2) is 5.88. The Hall–Kier alpha value is -2.48. The van der Waals surface area contributed by atoms with Gasteiger partial charge in [0.2, 0.25) is 0 Å². The largest absolute Gasteiger partial charge is 0.383 e. The lowest BCUT2D eigenvalue weighted by atomic mass is 10.1. The van der Waals surface area contributed by atoms with Crippen LogP contribution in [0.2, 0.25) is 0 Å². The minimum absolute atomic E-state index is 0.0178. The van der Waals surface area contributed by atoms with Crippen molar-refractivity contribution in [3.63, 3.8) is 0 Å². The molecule has 21 heavy (non-hydrogen) atoms. The van der Waals surface area contributed by atoms with Gasteiger partial charge in [0.1, 0.15) is 12.0 Å². The summed E-state index contributed by atoms with van der Waals surface area (Å²) >= 11 is 1.54. The van der Waals surface area contributed by atoms with E-state index in [-0.39, 0.29) is 23.1 Å². The summed E-state index contributed by atoms with van der Waals surface area (Å²) in [6.45, 7) is 1.88. The smallest absolute Gasteiger partial charge is 0.288 e. The van der Waals surface area contributed by atoms with E-state index >= 15 is 0 Å². The lowest BCUT2D eigenvalue weighted by molar-refractivity contribution is -0.385.